The molecule has 0 N–H and O–H groups in total. The molecule has 3 fully saturated rings. The fourth-order valence-electron chi connectivity index (χ4n) is 4.13. The second-order valence-electron chi connectivity index (χ2n) is 7.46. The normalized spacial score (nSPS) is 22.4. The zero-order chi connectivity index (χ0) is 19.1. The van der Waals surface area contributed by atoms with E-state index in [9.17, 15) is 9.59 Å². The van der Waals surface area contributed by atoms with E-state index in [4.69, 9.17) is 4.52 Å². The van der Waals surface area contributed by atoms with Crippen LogP contribution in [0.3, 0.4) is 0 Å². The first kappa shape index (κ1) is 17.8. The Morgan fingerprint density at radius 3 is 2.78 bits per heavy atom. The maximum absolute atomic E-state index is 13.0. The molecule has 144 valence electrons. The highest BCUT2D eigenvalue weighted by Crippen LogP contribution is 2.31. The van der Waals surface area contributed by atoms with Gasteiger partial charge >= 0.3 is 0 Å². The number of aryl methyl sites for hydroxylation is 3. The molecule has 3 aliphatic heterocycles. The SMILES string of the molecule is CCn1ccc(C(=O)N2C[C@H]3CC[C@@H](C2)N(Cc2c(C)noc2C)C3=O)n1. The Kier molecular flexibility index (Phi) is 4.49. The topological polar surface area (TPSA) is 84.5 Å². The van der Waals surface area contributed by atoms with E-state index in [-0.39, 0.29) is 23.8 Å². The van der Waals surface area contributed by atoms with Gasteiger partial charge in [-0.05, 0) is 39.7 Å². The molecule has 0 aliphatic carbocycles. The van der Waals surface area contributed by atoms with Crippen molar-refractivity contribution in [2.24, 2.45) is 5.92 Å². The van der Waals surface area contributed by atoms with Crippen molar-refractivity contribution < 1.29 is 14.1 Å². The van der Waals surface area contributed by atoms with Crippen LogP contribution >= 0.6 is 0 Å². The maximum Gasteiger partial charge on any atom is 0.274 e. The third-order valence-corrected chi connectivity index (χ3v) is 5.77. The van der Waals surface area contributed by atoms with Gasteiger partial charge in [-0.3, -0.25) is 14.3 Å². The minimum atomic E-state index is -0.151. The highest BCUT2D eigenvalue weighted by atomic mass is 16.5. The van der Waals surface area contributed by atoms with Gasteiger partial charge in [-0.1, -0.05) is 5.16 Å². The molecule has 2 amide bonds. The van der Waals surface area contributed by atoms with Gasteiger partial charge in [0.15, 0.2) is 0 Å². The summed E-state index contributed by atoms with van der Waals surface area (Å²) >= 11 is 0. The van der Waals surface area contributed by atoms with Crippen LogP contribution < -0.4 is 0 Å². The Morgan fingerprint density at radius 2 is 2.11 bits per heavy atom. The van der Waals surface area contributed by atoms with E-state index >= 15 is 0 Å². The summed E-state index contributed by atoms with van der Waals surface area (Å²) in [4.78, 5) is 29.7. The smallest absolute Gasteiger partial charge is 0.274 e. The summed E-state index contributed by atoms with van der Waals surface area (Å²) in [7, 11) is 0. The lowest BCUT2D eigenvalue weighted by Gasteiger charge is -2.35. The van der Waals surface area contributed by atoms with Crippen molar-refractivity contribution in [3.05, 3.63) is 35.0 Å². The molecule has 8 heteroatoms. The Balaban J connectivity index is 1.56. The zero-order valence-corrected chi connectivity index (χ0v) is 16.0. The van der Waals surface area contributed by atoms with Gasteiger partial charge in [-0.15, -0.1) is 0 Å². The number of carbonyl (C=O) groups is 2. The molecule has 5 heterocycles. The monoisotopic (exact) mass is 371 g/mol. The summed E-state index contributed by atoms with van der Waals surface area (Å²) in [6.07, 6.45) is 3.55. The summed E-state index contributed by atoms with van der Waals surface area (Å²) in [6, 6.07) is 1.77. The fraction of sp³-hybridized carbons (Fsp3) is 0.579. The van der Waals surface area contributed by atoms with Crippen molar-refractivity contribution in [3.8, 4) is 0 Å². The summed E-state index contributed by atoms with van der Waals surface area (Å²) < 4.78 is 7.00. The zero-order valence-electron chi connectivity index (χ0n) is 16.0. The first-order valence-corrected chi connectivity index (χ1v) is 9.53. The van der Waals surface area contributed by atoms with Crippen molar-refractivity contribution in [3.63, 3.8) is 0 Å². The molecule has 2 atom stereocenters. The highest BCUT2D eigenvalue weighted by Gasteiger charge is 2.42. The van der Waals surface area contributed by atoms with Crippen LogP contribution in [-0.2, 0) is 17.9 Å². The average Bonchev–Trinajstić information content (AvgIpc) is 3.15. The van der Waals surface area contributed by atoms with Gasteiger partial charge in [0.05, 0.1) is 18.2 Å². The van der Waals surface area contributed by atoms with Gasteiger partial charge < -0.3 is 14.3 Å². The largest absolute Gasteiger partial charge is 0.361 e. The molecule has 5 rings (SSSR count). The van der Waals surface area contributed by atoms with E-state index in [0.29, 0.717) is 25.3 Å². The number of hydrogen-bond acceptors (Lipinski definition) is 5. The lowest BCUT2D eigenvalue weighted by atomic mass is 9.93. The lowest BCUT2D eigenvalue weighted by molar-refractivity contribution is -0.140. The molecule has 0 spiro atoms. The predicted octanol–water partition coefficient (Wildman–Crippen LogP) is 1.77. The number of amides is 2. The van der Waals surface area contributed by atoms with Gasteiger partial charge in [0, 0.05) is 37.4 Å². The molecule has 2 aromatic rings. The minimum Gasteiger partial charge on any atom is -0.361 e. The number of fused-ring (bicyclic) bond motifs is 4. The second-order valence-corrected chi connectivity index (χ2v) is 7.46. The Hall–Kier alpha value is -2.64. The first-order chi connectivity index (χ1) is 13.0. The second kappa shape index (κ2) is 6.83. The van der Waals surface area contributed by atoms with Crippen molar-refractivity contribution in [1.29, 1.82) is 0 Å². The van der Waals surface area contributed by atoms with E-state index in [2.05, 4.69) is 10.3 Å². The maximum atomic E-state index is 13.0. The van der Waals surface area contributed by atoms with Crippen LogP contribution in [0.25, 0.3) is 0 Å². The summed E-state index contributed by atoms with van der Waals surface area (Å²) in [5, 5.41) is 8.33. The number of piperidine rings is 1. The third-order valence-electron chi connectivity index (χ3n) is 5.77. The van der Waals surface area contributed by atoms with Crippen molar-refractivity contribution in [2.75, 3.05) is 13.1 Å². The van der Waals surface area contributed by atoms with Crippen LogP contribution in [0.2, 0.25) is 0 Å². The van der Waals surface area contributed by atoms with E-state index < -0.39 is 0 Å². The molecule has 2 aromatic heterocycles. The quantitative estimate of drug-likeness (QED) is 0.818. The van der Waals surface area contributed by atoms with Crippen molar-refractivity contribution >= 4 is 11.8 Å². The van der Waals surface area contributed by atoms with E-state index in [0.717, 1.165) is 36.4 Å². The van der Waals surface area contributed by atoms with Crippen molar-refractivity contribution in [1.82, 2.24) is 24.7 Å². The van der Waals surface area contributed by atoms with Crippen LogP contribution in [0.5, 0.6) is 0 Å². The predicted molar refractivity (Wildman–Crippen MR) is 96.8 cm³/mol. The van der Waals surface area contributed by atoms with Gasteiger partial charge in [0.25, 0.3) is 5.91 Å². The lowest BCUT2D eigenvalue weighted by Crippen LogP contribution is -2.47. The van der Waals surface area contributed by atoms with Gasteiger partial charge in [0.2, 0.25) is 5.91 Å². The van der Waals surface area contributed by atoms with Gasteiger partial charge in [-0.25, -0.2) is 0 Å². The van der Waals surface area contributed by atoms with Crippen molar-refractivity contribution in [2.45, 2.75) is 52.7 Å². The van der Waals surface area contributed by atoms with Crippen LogP contribution in [0.4, 0.5) is 0 Å². The molecule has 0 unspecified atom stereocenters. The number of hydrogen-bond donors (Lipinski definition) is 0. The van der Waals surface area contributed by atoms with E-state index in [1.807, 2.05) is 31.9 Å². The Bertz CT molecular complexity index is 851. The molecular formula is C19H25N5O3. The standard InChI is InChI=1S/C19H25N5O3/c1-4-23-8-7-17(20-23)19(26)22-9-14-5-6-15(10-22)24(18(14)25)11-16-12(2)21-27-13(16)3/h7-8,14-15H,4-6,9-11H2,1-3H3/t14-,15+/m1/s1. The number of rotatable bonds is 4. The Morgan fingerprint density at radius 1 is 1.30 bits per heavy atom. The van der Waals surface area contributed by atoms with Crippen LogP contribution in [0.15, 0.2) is 16.8 Å². The molecule has 3 aliphatic rings. The van der Waals surface area contributed by atoms with Crippen LogP contribution in [0.1, 0.15) is 47.3 Å². The Labute approximate surface area is 158 Å². The van der Waals surface area contributed by atoms with Crippen LogP contribution in [-0.4, -0.2) is 55.7 Å². The van der Waals surface area contributed by atoms with Gasteiger partial charge in [0.1, 0.15) is 11.5 Å². The van der Waals surface area contributed by atoms with E-state index in [1.54, 1.807) is 15.6 Å². The highest BCUT2D eigenvalue weighted by molar-refractivity contribution is 5.93. The molecule has 27 heavy (non-hydrogen) atoms. The fourth-order valence-corrected chi connectivity index (χ4v) is 4.13. The first-order valence-electron chi connectivity index (χ1n) is 9.53. The molecular weight excluding hydrogens is 346 g/mol. The molecule has 8 nitrogen and oxygen atoms in total. The third kappa shape index (κ3) is 3.13. The summed E-state index contributed by atoms with van der Waals surface area (Å²) in [5.74, 6) is 0.631. The minimum absolute atomic E-state index is 0.0159. The summed E-state index contributed by atoms with van der Waals surface area (Å²) in [6.45, 7) is 7.98. The molecule has 3 saturated heterocycles. The number of aromatic nitrogens is 3. The number of carbonyl (C=O) groups excluding carboxylic acids is 2. The van der Waals surface area contributed by atoms with Gasteiger partial charge in [-0.2, -0.15) is 5.10 Å². The molecule has 0 aromatic carbocycles. The van der Waals surface area contributed by atoms with Crippen LogP contribution in [0, 0.1) is 19.8 Å². The molecule has 0 saturated carbocycles. The summed E-state index contributed by atoms with van der Waals surface area (Å²) in [5.41, 5.74) is 2.23. The number of nitrogens with zero attached hydrogens (tertiary/aromatic N) is 5. The molecule has 2 bridgehead atoms. The van der Waals surface area contributed by atoms with E-state index in [1.165, 1.54) is 0 Å². The average molecular weight is 371 g/mol. The molecule has 0 radical (unpaired) electrons.